The molecular weight excluding hydrogens is 280 g/mol. The standard InChI is InChI=1S/C17H18N2O3/c1-2-13-5-3-6-14(9-13)11-18-12-17(20)15-7-4-8-16(10-15)19(21)22/h3-10,18H,2,11-12H2,1H3. The second-order valence-corrected chi connectivity index (χ2v) is 5.01. The number of nitrogens with one attached hydrogen (secondary N) is 1. The van der Waals surface area contributed by atoms with Gasteiger partial charge in [-0.05, 0) is 17.5 Å². The normalized spacial score (nSPS) is 10.4. The van der Waals surface area contributed by atoms with Crippen LogP contribution in [0.1, 0.15) is 28.4 Å². The Bertz CT molecular complexity index is 683. The molecule has 22 heavy (non-hydrogen) atoms. The summed E-state index contributed by atoms with van der Waals surface area (Å²) >= 11 is 0. The van der Waals surface area contributed by atoms with Crippen LogP contribution < -0.4 is 5.32 Å². The van der Waals surface area contributed by atoms with Crippen LogP contribution in [0.3, 0.4) is 0 Å². The van der Waals surface area contributed by atoms with Gasteiger partial charge < -0.3 is 5.32 Å². The fraction of sp³-hybridized carbons (Fsp3) is 0.235. The van der Waals surface area contributed by atoms with Gasteiger partial charge in [0.15, 0.2) is 5.78 Å². The Balaban J connectivity index is 1.92. The van der Waals surface area contributed by atoms with Crippen LogP contribution >= 0.6 is 0 Å². The molecule has 0 aliphatic carbocycles. The predicted molar refractivity (Wildman–Crippen MR) is 85.0 cm³/mol. The minimum Gasteiger partial charge on any atom is -0.306 e. The molecule has 0 unspecified atom stereocenters. The van der Waals surface area contributed by atoms with Gasteiger partial charge >= 0.3 is 0 Å². The molecule has 0 atom stereocenters. The Kier molecular flexibility index (Phi) is 5.38. The summed E-state index contributed by atoms with van der Waals surface area (Å²) in [7, 11) is 0. The van der Waals surface area contributed by atoms with Crippen molar-refractivity contribution >= 4 is 11.5 Å². The van der Waals surface area contributed by atoms with Crippen LogP contribution in [0.4, 0.5) is 5.69 Å². The number of carbonyl (C=O) groups is 1. The number of carbonyl (C=O) groups excluding carboxylic acids is 1. The van der Waals surface area contributed by atoms with Crippen LogP contribution in [-0.2, 0) is 13.0 Å². The summed E-state index contributed by atoms with van der Waals surface area (Å²) in [5.74, 6) is -0.157. The van der Waals surface area contributed by atoms with E-state index in [2.05, 4.69) is 24.4 Å². The van der Waals surface area contributed by atoms with E-state index >= 15 is 0 Å². The zero-order valence-corrected chi connectivity index (χ0v) is 12.4. The van der Waals surface area contributed by atoms with Gasteiger partial charge in [0.1, 0.15) is 0 Å². The number of rotatable bonds is 7. The highest BCUT2D eigenvalue weighted by Gasteiger charge is 2.11. The SMILES string of the molecule is CCc1cccc(CNCC(=O)c2cccc([N+](=O)[O-])c2)c1. The molecule has 0 aliphatic heterocycles. The monoisotopic (exact) mass is 298 g/mol. The molecule has 0 saturated carbocycles. The van der Waals surface area contributed by atoms with Crippen molar-refractivity contribution in [2.24, 2.45) is 0 Å². The van der Waals surface area contributed by atoms with Crippen molar-refractivity contribution < 1.29 is 9.72 Å². The molecule has 0 aliphatic rings. The molecule has 2 aromatic rings. The third kappa shape index (κ3) is 4.23. The summed E-state index contributed by atoms with van der Waals surface area (Å²) in [5.41, 5.74) is 2.65. The van der Waals surface area contributed by atoms with E-state index in [0.29, 0.717) is 12.1 Å². The van der Waals surface area contributed by atoms with Gasteiger partial charge in [0, 0.05) is 24.2 Å². The number of nitrogens with zero attached hydrogens (tertiary/aromatic N) is 1. The van der Waals surface area contributed by atoms with Crippen molar-refractivity contribution in [3.63, 3.8) is 0 Å². The minimum absolute atomic E-state index is 0.0681. The van der Waals surface area contributed by atoms with Crippen molar-refractivity contribution in [3.05, 3.63) is 75.3 Å². The quantitative estimate of drug-likeness (QED) is 0.484. The molecule has 0 amide bonds. The first-order valence-electron chi connectivity index (χ1n) is 7.16. The molecule has 114 valence electrons. The zero-order chi connectivity index (χ0) is 15.9. The number of ketones is 1. The van der Waals surface area contributed by atoms with Gasteiger partial charge in [-0.1, -0.05) is 43.3 Å². The summed E-state index contributed by atoms with van der Waals surface area (Å²) in [6.45, 7) is 2.84. The number of hydrogen-bond acceptors (Lipinski definition) is 4. The van der Waals surface area contributed by atoms with Crippen LogP contribution in [0.25, 0.3) is 0 Å². The van der Waals surface area contributed by atoms with E-state index < -0.39 is 4.92 Å². The highest BCUT2D eigenvalue weighted by atomic mass is 16.6. The zero-order valence-electron chi connectivity index (χ0n) is 12.4. The van der Waals surface area contributed by atoms with Gasteiger partial charge in [0.05, 0.1) is 11.5 Å². The van der Waals surface area contributed by atoms with Crippen LogP contribution in [0.5, 0.6) is 0 Å². The van der Waals surface area contributed by atoms with E-state index in [0.717, 1.165) is 12.0 Å². The molecule has 0 saturated heterocycles. The van der Waals surface area contributed by atoms with Crippen LogP contribution in [0.15, 0.2) is 48.5 Å². The summed E-state index contributed by atoms with van der Waals surface area (Å²) in [4.78, 5) is 22.3. The number of non-ortho nitro benzene ring substituents is 1. The molecule has 2 aromatic carbocycles. The van der Waals surface area contributed by atoms with Crippen molar-refractivity contribution in [2.75, 3.05) is 6.54 Å². The number of aryl methyl sites for hydroxylation is 1. The minimum atomic E-state index is -0.500. The van der Waals surface area contributed by atoms with E-state index in [1.54, 1.807) is 6.07 Å². The van der Waals surface area contributed by atoms with Crippen molar-refractivity contribution in [2.45, 2.75) is 19.9 Å². The Hall–Kier alpha value is -2.53. The summed E-state index contributed by atoms with van der Waals surface area (Å²) < 4.78 is 0. The van der Waals surface area contributed by atoms with E-state index in [-0.39, 0.29) is 18.0 Å². The maximum absolute atomic E-state index is 12.0. The average molecular weight is 298 g/mol. The number of benzene rings is 2. The first-order chi connectivity index (χ1) is 10.6. The van der Waals surface area contributed by atoms with E-state index in [4.69, 9.17) is 0 Å². The predicted octanol–water partition coefficient (Wildman–Crippen LogP) is 3.13. The van der Waals surface area contributed by atoms with Crippen molar-refractivity contribution in [3.8, 4) is 0 Å². The van der Waals surface area contributed by atoms with Gasteiger partial charge in [0.2, 0.25) is 0 Å². The lowest BCUT2D eigenvalue weighted by Crippen LogP contribution is -2.22. The molecular formula is C17H18N2O3. The third-order valence-corrected chi connectivity index (χ3v) is 3.39. The van der Waals surface area contributed by atoms with Crippen LogP contribution in [0, 0.1) is 10.1 Å². The van der Waals surface area contributed by atoms with Crippen molar-refractivity contribution in [1.82, 2.24) is 5.32 Å². The molecule has 0 radical (unpaired) electrons. The molecule has 0 spiro atoms. The van der Waals surface area contributed by atoms with Crippen molar-refractivity contribution in [1.29, 1.82) is 0 Å². The molecule has 0 aromatic heterocycles. The van der Waals surface area contributed by atoms with Gasteiger partial charge in [-0.2, -0.15) is 0 Å². The van der Waals surface area contributed by atoms with Gasteiger partial charge in [-0.15, -0.1) is 0 Å². The summed E-state index contributed by atoms with van der Waals surface area (Å²) in [6.07, 6.45) is 0.973. The maximum atomic E-state index is 12.0. The smallest absolute Gasteiger partial charge is 0.270 e. The lowest BCUT2D eigenvalue weighted by atomic mass is 10.1. The first kappa shape index (κ1) is 15.9. The van der Waals surface area contributed by atoms with Crippen LogP contribution in [0.2, 0.25) is 0 Å². The van der Waals surface area contributed by atoms with E-state index in [9.17, 15) is 14.9 Å². The summed E-state index contributed by atoms with van der Waals surface area (Å²) in [6, 6.07) is 14.0. The molecule has 0 heterocycles. The number of nitro benzene ring substituents is 1. The second-order valence-electron chi connectivity index (χ2n) is 5.01. The molecule has 0 bridgehead atoms. The Morgan fingerprint density at radius 1 is 1.14 bits per heavy atom. The lowest BCUT2D eigenvalue weighted by molar-refractivity contribution is -0.384. The van der Waals surface area contributed by atoms with Gasteiger partial charge in [0.25, 0.3) is 5.69 Å². The number of hydrogen-bond donors (Lipinski definition) is 1. The molecule has 2 rings (SSSR count). The fourth-order valence-electron chi connectivity index (χ4n) is 2.17. The number of Topliss-reactive ketones (excluding diaryl/α,β-unsaturated/α-hetero) is 1. The Morgan fingerprint density at radius 3 is 2.59 bits per heavy atom. The van der Waals surface area contributed by atoms with Crippen LogP contribution in [-0.4, -0.2) is 17.3 Å². The number of nitro groups is 1. The third-order valence-electron chi connectivity index (χ3n) is 3.39. The molecule has 5 nitrogen and oxygen atoms in total. The Labute approximate surface area is 129 Å². The van der Waals surface area contributed by atoms with E-state index in [1.165, 1.54) is 23.8 Å². The fourth-order valence-corrected chi connectivity index (χ4v) is 2.17. The topological polar surface area (TPSA) is 72.2 Å². The lowest BCUT2D eigenvalue weighted by Gasteiger charge is -2.06. The molecule has 0 fully saturated rings. The maximum Gasteiger partial charge on any atom is 0.270 e. The van der Waals surface area contributed by atoms with Gasteiger partial charge in [-0.3, -0.25) is 14.9 Å². The average Bonchev–Trinajstić information content (AvgIpc) is 2.55. The van der Waals surface area contributed by atoms with E-state index in [1.807, 2.05) is 12.1 Å². The second kappa shape index (κ2) is 7.47. The highest BCUT2D eigenvalue weighted by Crippen LogP contribution is 2.13. The largest absolute Gasteiger partial charge is 0.306 e. The molecule has 5 heteroatoms. The molecule has 1 N–H and O–H groups in total. The highest BCUT2D eigenvalue weighted by molar-refractivity contribution is 5.98. The first-order valence-corrected chi connectivity index (χ1v) is 7.16. The van der Waals surface area contributed by atoms with Gasteiger partial charge in [-0.25, -0.2) is 0 Å². The Morgan fingerprint density at radius 2 is 1.86 bits per heavy atom. The summed E-state index contributed by atoms with van der Waals surface area (Å²) in [5, 5.41) is 13.8.